The Morgan fingerprint density at radius 3 is 2.31 bits per heavy atom. The average Bonchev–Trinajstić information content (AvgIpc) is 2.57. The highest BCUT2D eigenvalue weighted by molar-refractivity contribution is 7.92. The number of amides is 1. The highest BCUT2D eigenvalue weighted by Crippen LogP contribution is 2.18. The number of hydrogen-bond donors (Lipinski definition) is 1. The minimum Gasteiger partial charge on any atom is -0.356 e. The number of halogens is 2. The summed E-state index contributed by atoms with van der Waals surface area (Å²) < 4.78 is 38.0. The van der Waals surface area contributed by atoms with Gasteiger partial charge in [0.05, 0.1) is 11.9 Å². The van der Waals surface area contributed by atoms with Crippen molar-refractivity contribution in [1.82, 2.24) is 5.32 Å². The van der Waals surface area contributed by atoms with Gasteiger partial charge in [0.1, 0.15) is 5.82 Å². The fraction of sp³-hybridized carbons (Fsp3) is 0.278. The number of anilines is 1. The van der Waals surface area contributed by atoms with Crippen molar-refractivity contribution >= 4 is 33.2 Å². The number of nitrogens with zero attached hydrogens (tertiary/aromatic N) is 1. The van der Waals surface area contributed by atoms with Gasteiger partial charge in [-0.25, -0.2) is 12.8 Å². The van der Waals surface area contributed by atoms with Crippen LogP contribution in [0.4, 0.5) is 10.1 Å². The largest absolute Gasteiger partial charge is 0.356 e. The van der Waals surface area contributed by atoms with Gasteiger partial charge in [-0.05, 0) is 48.4 Å². The smallest absolute Gasteiger partial charge is 0.232 e. The summed E-state index contributed by atoms with van der Waals surface area (Å²) in [6.07, 6.45) is 1.70. The summed E-state index contributed by atoms with van der Waals surface area (Å²) in [6.45, 7) is 0.424. The number of carbonyl (C=O) groups is 1. The Kier molecular flexibility index (Phi) is 6.99. The molecule has 0 atom stereocenters. The third kappa shape index (κ3) is 6.31. The molecule has 140 valence electrons. The van der Waals surface area contributed by atoms with E-state index in [0.717, 1.165) is 16.1 Å². The van der Waals surface area contributed by atoms with Crippen LogP contribution < -0.4 is 9.62 Å². The second-order valence-corrected chi connectivity index (χ2v) is 8.13. The molecule has 0 radical (unpaired) electrons. The summed E-state index contributed by atoms with van der Waals surface area (Å²) in [7, 11) is -3.58. The molecule has 0 aliphatic heterocycles. The van der Waals surface area contributed by atoms with E-state index < -0.39 is 15.8 Å². The quantitative estimate of drug-likeness (QED) is 0.743. The molecule has 0 fully saturated rings. The molecule has 0 saturated heterocycles. The van der Waals surface area contributed by atoms with Gasteiger partial charge in [0, 0.05) is 24.5 Å². The molecule has 0 spiro atoms. The van der Waals surface area contributed by atoms with Gasteiger partial charge in [-0.15, -0.1) is 0 Å². The molecule has 0 unspecified atom stereocenters. The van der Waals surface area contributed by atoms with Crippen molar-refractivity contribution in [3.05, 3.63) is 64.9 Å². The molecule has 0 aliphatic rings. The van der Waals surface area contributed by atoms with Gasteiger partial charge in [-0.3, -0.25) is 9.10 Å². The van der Waals surface area contributed by atoms with Crippen molar-refractivity contribution in [2.75, 3.05) is 23.7 Å². The number of benzene rings is 2. The van der Waals surface area contributed by atoms with Crippen LogP contribution in [-0.4, -0.2) is 33.7 Å². The maximum Gasteiger partial charge on any atom is 0.232 e. The van der Waals surface area contributed by atoms with Crippen molar-refractivity contribution < 1.29 is 17.6 Å². The number of carbonyl (C=O) groups excluding carboxylic acids is 1. The fourth-order valence-corrected chi connectivity index (χ4v) is 3.44. The van der Waals surface area contributed by atoms with E-state index in [0.29, 0.717) is 23.7 Å². The van der Waals surface area contributed by atoms with Crippen molar-refractivity contribution in [2.24, 2.45) is 0 Å². The summed E-state index contributed by atoms with van der Waals surface area (Å²) in [5.74, 6) is -0.711. The van der Waals surface area contributed by atoms with Gasteiger partial charge in [-0.1, -0.05) is 23.7 Å². The first-order valence-electron chi connectivity index (χ1n) is 8.00. The molecule has 0 aliphatic carbocycles. The molecule has 1 N–H and O–H groups in total. The molecule has 8 heteroatoms. The first kappa shape index (κ1) is 20.2. The standard InChI is InChI=1S/C18H20ClFN2O3S/c1-26(24,25)22(17-8-6-16(20)7-9-17)13-11-18(23)21-12-10-14-2-4-15(19)5-3-14/h2-9H,10-13H2,1H3,(H,21,23). The predicted molar refractivity (Wildman–Crippen MR) is 101 cm³/mol. The second-order valence-electron chi connectivity index (χ2n) is 5.79. The summed E-state index contributed by atoms with van der Waals surface area (Å²) in [4.78, 5) is 12.0. The topological polar surface area (TPSA) is 66.5 Å². The van der Waals surface area contributed by atoms with Crippen LogP contribution in [0, 0.1) is 5.82 Å². The van der Waals surface area contributed by atoms with Crippen LogP contribution in [0.5, 0.6) is 0 Å². The van der Waals surface area contributed by atoms with E-state index >= 15 is 0 Å². The summed E-state index contributed by atoms with van der Waals surface area (Å²) in [6, 6.07) is 12.4. The van der Waals surface area contributed by atoms with Crippen LogP contribution in [0.3, 0.4) is 0 Å². The molecule has 26 heavy (non-hydrogen) atoms. The van der Waals surface area contributed by atoms with Crippen molar-refractivity contribution in [2.45, 2.75) is 12.8 Å². The maximum atomic E-state index is 13.0. The number of rotatable bonds is 8. The minimum absolute atomic E-state index is 0.00502. The predicted octanol–water partition coefficient (Wildman–Crippen LogP) is 2.99. The molecule has 5 nitrogen and oxygen atoms in total. The lowest BCUT2D eigenvalue weighted by Crippen LogP contribution is -2.35. The lowest BCUT2D eigenvalue weighted by molar-refractivity contribution is -0.120. The Labute approximate surface area is 157 Å². The highest BCUT2D eigenvalue weighted by atomic mass is 35.5. The van der Waals surface area contributed by atoms with Crippen LogP contribution in [-0.2, 0) is 21.2 Å². The molecule has 0 aromatic heterocycles. The Morgan fingerprint density at radius 1 is 1.12 bits per heavy atom. The Morgan fingerprint density at radius 2 is 1.73 bits per heavy atom. The van der Waals surface area contributed by atoms with E-state index in [1.54, 1.807) is 12.1 Å². The van der Waals surface area contributed by atoms with Gasteiger partial charge < -0.3 is 5.32 Å². The number of hydrogen-bond acceptors (Lipinski definition) is 3. The number of sulfonamides is 1. The first-order chi connectivity index (χ1) is 12.3. The van der Waals surface area contributed by atoms with Gasteiger partial charge in [0.25, 0.3) is 0 Å². The van der Waals surface area contributed by atoms with Gasteiger partial charge in [-0.2, -0.15) is 0 Å². The van der Waals surface area contributed by atoms with Crippen molar-refractivity contribution in [1.29, 1.82) is 0 Å². The Balaban J connectivity index is 1.86. The van der Waals surface area contributed by atoms with E-state index in [4.69, 9.17) is 11.6 Å². The van der Waals surface area contributed by atoms with Crippen LogP contribution in [0.1, 0.15) is 12.0 Å². The maximum absolute atomic E-state index is 13.0. The molecule has 2 rings (SSSR count). The zero-order chi connectivity index (χ0) is 19.2. The molecule has 0 saturated carbocycles. The fourth-order valence-electron chi connectivity index (χ4n) is 2.38. The Hall–Kier alpha value is -2.12. The lowest BCUT2D eigenvalue weighted by Gasteiger charge is -2.22. The third-order valence-corrected chi connectivity index (χ3v) is 5.15. The van der Waals surface area contributed by atoms with E-state index in [9.17, 15) is 17.6 Å². The monoisotopic (exact) mass is 398 g/mol. The van der Waals surface area contributed by atoms with E-state index in [1.165, 1.54) is 24.3 Å². The zero-order valence-electron chi connectivity index (χ0n) is 14.3. The van der Waals surface area contributed by atoms with Crippen LogP contribution in [0.2, 0.25) is 5.02 Å². The average molecular weight is 399 g/mol. The molecule has 2 aromatic rings. The Bertz CT molecular complexity index is 840. The second kappa shape index (κ2) is 9.00. The van der Waals surface area contributed by atoms with E-state index in [2.05, 4.69) is 5.32 Å². The third-order valence-electron chi connectivity index (χ3n) is 3.71. The first-order valence-corrected chi connectivity index (χ1v) is 10.2. The van der Waals surface area contributed by atoms with Gasteiger partial charge in [0.15, 0.2) is 0 Å². The van der Waals surface area contributed by atoms with Crippen LogP contribution in [0.15, 0.2) is 48.5 Å². The summed E-state index contributed by atoms with van der Waals surface area (Å²) in [5.41, 5.74) is 1.36. The van der Waals surface area contributed by atoms with Crippen LogP contribution in [0.25, 0.3) is 0 Å². The van der Waals surface area contributed by atoms with E-state index in [-0.39, 0.29) is 18.9 Å². The SMILES string of the molecule is CS(=O)(=O)N(CCC(=O)NCCc1ccc(Cl)cc1)c1ccc(F)cc1. The summed E-state index contributed by atoms with van der Waals surface area (Å²) >= 11 is 5.82. The molecule has 0 bridgehead atoms. The van der Waals surface area contributed by atoms with E-state index in [1.807, 2.05) is 12.1 Å². The van der Waals surface area contributed by atoms with Gasteiger partial charge in [0.2, 0.25) is 15.9 Å². The summed E-state index contributed by atoms with van der Waals surface area (Å²) in [5, 5.41) is 3.41. The molecule has 1 amide bonds. The highest BCUT2D eigenvalue weighted by Gasteiger charge is 2.18. The lowest BCUT2D eigenvalue weighted by atomic mass is 10.1. The molecule has 0 heterocycles. The van der Waals surface area contributed by atoms with Gasteiger partial charge >= 0.3 is 0 Å². The molecule has 2 aromatic carbocycles. The van der Waals surface area contributed by atoms with Crippen molar-refractivity contribution in [3.8, 4) is 0 Å². The zero-order valence-corrected chi connectivity index (χ0v) is 15.9. The van der Waals surface area contributed by atoms with Crippen LogP contribution >= 0.6 is 11.6 Å². The normalized spacial score (nSPS) is 11.2. The minimum atomic E-state index is -3.58. The number of nitrogens with one attached hydrogen (secondary N) is 1. The molecular formula is C18H20ClFN2O3S. The van der Waals surface area contributed by atoms with Crippen molar-refractivity contribution in [3.63, 3.8) is 0 Å². The molecular weight excluding hydrogens is 379 g/mol.